The Hall–Kier alpha value is -1.48. The van der Waals surface area contributed by atoms with E-state index in [1.807, 2.05) is 0 Å². The quantitative estimate of drug-likeness (QED) is 0.724. The van der Waals surface area contributed by atoms with Crippen LogP contribution < -0.4 is 0 Å². The van der Waals surface area contributed by atoms with E-state index in [2.05, 4.69) is 41.6 Å². The zero-order chi connectivity index (χ0) is 12.3. The third-order valence-electron chi connectivity index (χ3n) is 4.18. The van der Waals surface area contributed by atoms with Crippen molar-refractivity contribution in [2.75, 3.05) is 20.1 Å². The molecule has 3 nitrogen and oxygen atoms in total. The SMILES string of the molecule is Cc1ccc2c(c1)c1c3n2CCN(C)C3=NCC1.Cl. The molecule has 1 aromatic heterocycles. The van der Waals surface area contributed by atoms with Crippen molar-refractivity contribution in [1.82, 2.24) is 9.47 Å². The van der Waals surface area contributed by atoms with Gasteiger partial charge in [0.05, 0.1) is 5.69 Å². The molecule has 0 amide bonds. The highest BCUT2D eigenvalue weighted by atomic mass is 35.5. The van der Waals surface area contributed by atoms with Gasteiger partial charge in [-0.25, -0.2) is 0 Å². The predicted octanol–water partition coefficient (Wildman–Crippen LogP) is 2.62. The van der Waals surface area contributed by atoms with Crippen molar-refractivity contribution < 1.29 is 0 Å². The van der Waals surface area contributed by atoms with Gasteiger partial charge in [-0.1, -0.05) is 11.6 Å². The maximum absolute atomic E-state index is 4.72. The summed E-state index contributed by atoms with van der Waals surface area (Å²) in [7, 11) is 2.15. The van der Waals surface area contributed by atoms with Gasteiger partial charge in [-0.05, 0) is 31.0 Å². The van der Waals surface area contributed by atoms with Gasteiger partial charge in [0, 0.05) is 37.6 Å². The average molecular weight is 276 g/mol. The number of benzene rings is 1. The highest BCUT2D eigenvalue weighted by molar-refractivity contribution is 6.06. The highest BCUT2D eigenvalue weighted by Crippen LogP contribution is 2.32. The second kappa shape index (κ2) is 4.27. The largest absolute Gasteiger partial charge is 0.356 e. The van der Waals surface area contributed by atoms with Crippen molar-refractivity contribution >= 4 is 29.1 Å². The third-order valence-corrected chi connectivity index (χ3v) is 4.18. The molecule has 0 saturated carbocycles. The second-order valence-corrected chi connectivity index (χ2v) is 5.38. The molecule has 0 spiro atoms. The van der Waals surface area contributed by atoms with Gasteiger partial charge < -0.3 is 9.47 Å². The fourth-order valence-electron chi connectivity index (χ4n) is 3.28. The molecule has 4 heteroatoms. The molecule has 100 valence electrons. The molecule has 19 heavy (non-hydrogen) atoms. The molecule has 0 N–H and O–H groups in total. The van der Waals surface area contributed by atoms with Crippen molar-refractivity contribution in [3.63, 3.8) is 0 Å². The standard InChI is InChI=1S/C15H17N3.ClH/c1-10-3-4-13-12(9-10)11-5-6-16-15-14(11)18(13)8-7-17(15)2;/h3-4,9H,5-8H2,1-2H3;1H. The minimum absolute atomic E-state index is 0. The molecule has 2 aromatic rings. The summed E-state index contributed by atoms with van der Waals surface area (Å²) in [6.07, 6.45) is 1.08. The Morgan fingerprint density at radius 1 is 1.21 bits per heavy atom. The summed E-state index contributed by atoms with van der Waals surface area (Å²) in [4.78, 5) is 7.02. The molecule has 3 heterocycles. The smallest absolute Gasteiger partial charge is 0.148 e. The average Bonchev–Trinajstić information content (AvgIpc) is 2.69. The Morgan fingerprint density at radius 2 is 2.05 bits per heavy atom. The van der Waals surface area contributed by atoms with E-state index >= 15 is 0 Å². The number of aliphatic imine (C=N–C) groups is 1. The summed E-state index contributed by atoms with van der Waals surface area (Å²) in [5.41, 5.74) is 5.60. The van der Waals surface area contributed by atoms with Crippen LogP contribution in [0.25, 0.3) is 10.9 Å². The lowest BCUT2D eigenvalue weighted by Crippen LogP contribution is -2.39. The zero-order valence-electron chi connectivity index (χ0n) is 11.3. The molecular formula is C15H18ClN3. The van der Waals surface area contributed by atoms with Gasteiger partial charge in [-0.2, -0.15) is 0 Å². The Bertz CT molecular complexity index is 684. The van der Waals surface area contributed by atoms with Crippen LogP contribution in [-0.2, 0) is 13.0 Å². The molecule has 0 bridgehead atoms. The van der Waals surface area contributed by atoms with Crippen molar-refractivity contribution in [2.24, 2.45) is 4.99 Å². The minimum atomic E-state index is 0. The van der Waals surface area contributed by atoms with Crippen LogP contribution in [0.4, 0.5) is 0 Å². The van der Waals surface area contributed by atoms with Gasteiger partial charge >= 0.3 is 0 Å². The number of fused-ring (bicyclic) bond motifs is 3. The number of aryl methyl sites for hydroxylation is 1. The number of hydrogen-bond donors (Lipinski definition) is 0. The van der Waals surface area contributed by atoms with Gasteiger partial charge in [-0.3, -0.25) is 4.99 Å². The van der Waals surface area contributed by atoms with E-state index in [0.717, 1.165) is 26.1 Å². The van der Waals surface area contributed by atoms with Crippen LogP contribution in [0.15, 0.2) is 23.2 Å². The third kappa shape index (κ3) is 1.61. The van der Waals surface area contributed by atoms with Crippen LogP contribution in [-0.4, -0.2) is 35.4 Å². The minimum Gasteiger partial charge on any atom is -0.356 e. The summed E-state index contributed by atoms with van der Waals surface area (Å²) in [6, 6.07) is 6.82. The number of halogens is 1. The number of aromatic nitrogens is 1. The summed E-state index contributed by atoms with van der Waals surface area (Å²) in [5.74, 6) is 1.19. The number of nitrogens with zero attached hydrogens (tertiary/aromatic N) is 3. The lowest BCUT2D eigenvalue weighted by atomic mass is 10.0. The molecule has 2 aliphatic heterocycles. The van der Waals surface area contributed by atoms with Gasteiger partial charge in [0.25, 0.3) is 0 Å². The van der Waals surface area contributed by atoms with E-state index in [9.17, 15) is 0 Å². The fraction of sp³-hybridized carbons (Fsp3) is 0.400. The molecule has 0 saturated heterocycles. The number of rotatable bonds is 0. The number of likely N-dealkylation sites (N-methyl/N-ethyl adjacent to an activating group) is 1. The van der Waals surface area contributed by atoms with E-state index in [1.165, 1.54) is 33.6 Å². The molecular weight excluding hydrogens is 258 g/mol. The van der Waals surface area contributed by atoms with E-state index in [4.69, 9.17) is 4.99 Å². The first kappa shape index (κ1) is 12.5. The van der Waals surface area contributed by atoms with Gasteiger partial charge in [0.1, 0.15) is 5.84 Å². The monoisotopic (exact) mass is 275 g/mol. The Kier molecular flexibility index (Phi) is 2.82. The first-order valence-electron chi connectivity index (χ1n) is 6.63. The van der Waals surface area contributed by atoms with Crippen molar-refractivity contribution in [3.05, 3.63) is 35.0 Å². The van der Waals surface area contributed by atoms with Gasteiger partial charge in [0.15, 0.2) is 0 Å². The van der Waals surface area contributed by atoms with E-state index < -0.39 is 0 Å². The molecule has 2 aliphatic rings. The zero-order valence-corrected chi connectivity index (χ0v) is 12.1. The Labute approximate surface area is 119 Å². The summed E-state index contributed by atoms with van der Waals surface area (Å²) in [5, 5.41) is 1.44. The summed E-state index contributed by atoms with van der Waals surface area (Å²) >= 11 is 0. The van der Waals surface area contributed by atoms with Crippen molar-refractivity contribution in [2.45, 2.75) is 19.9 Å². The van der Waals surface area contributed by atoms with Crippen LogP contribution in [0.5, 0.6) is 0 Å². The van der Waals surface area contributed by atoms with Crippen LogP contribution in [0.3, 0.4) is 0 Å². The van der Waals surface area contributed by atoms with Gasteiger partial charge in [-0.15, -0.1) is 12.4 Å². The second-order valence-electron chi connectivity index (χ2n) is 5.38. The van der Waals surface area contributed by atoms with Crippen LogP contribution in [0, 0.1) is 6.92 Å². The normalized spacial score (nSPS) is 16.9. The molecule has 0 atom stereocenters. The molecule has 1 aromatic carbocycles. The lowest BCUT2D eigenvalue weighted by molar-refractivity contribution is 0.434. The lowest BCUT2D eigenvalue weighted by Gasteiger charge is -2.31. The first-order chi connectivity index (χ1) is 8.75. The maximum atomic E-state index is 4.72. The summed E-state index contributed by atoms with van der Waals surface area (Å²) < 4.78 is 2.46. The maximum Gasteiger partial charge on any atom is 0.148 e. The molecule has 0 unspecified atom stereocenters. The Morgan fingerprint density at radius 3 is 2.89 bits per heavy atom. The highest BCUT2D eigenvalue weighted by Gasteiger charge is 2.28. The van der Waals surface area contributed by atoms with Crippen LogP contribution in [0.2, 0.25) is 0 Å². The van der Waals surface area contributed by atoms with Gasteiger partial charge in [0.2, 0.25) is 0 Å². The predicted molar refractivity (Wildman–Crippen MR) is 81.7 cm³/mol. The van der Waals surface area contributed by atoms with E-state index in [1.54, 1.807) is 0 Å². The van der Waals surface area contributed by atoms with E-state index in [-0.39, 0.29) is 12.4 Å². The van der Waals surface area contributed by atoms with Crippen LogP contribution in [0.1, 0.15) is 16.8 Å². The van der Waals surface area contributed by atoms with Crippen LogP contribution >= 0.6 is 12.4 Å². The molecule has 0 radical (unpaired) electrons. The number of amidine groups is 1. The molecule has 0 fully saturated rings. The fourth-order valence-corrected chi connectivity index (χ4v) is 3.28. The van der Waals surface area contributed by atoms with E-state index in [0.29, 0.717) is 0 Å². The van der Waals surface area contributed by atoms with Crippen molar-refractivity contribution in [1.29, 1.82) is 0 Å². The summed E-state index contributed by atoms with van der Waals surface area (Å²) in [6.45, 7) is 5.24. The first-order valence-corrected chi connectivity index (χ1v) is 6.63. The number of hydrogen-bond acceptors (Lipinski definition) is 2. The molecule has 0 aliphatic carbocycles. The van der Waals surface area contributed by atoms with Crippen molar-refractivity contribution in [3.8, 4) is 0 Å². The molecule has 4 rings (SSSR count). The Balaban J connectivity index is 0.00000110. The topological polar surface area (TPSA) is 20.5 Å².